The SMILES string of the molecule is O=C(Nc1cc(Cl)cc(Cl)c1)c1cc(NCc2cccnc2)ccn1. The van der Waals surface area contributed by atoms with Crippen molar-refractivity contribution in [2.75, 3.05) is 10.6 Å². The molecule has 0 atom stereocenters. The van der Waals surface area contributed by atoms with E-state index in [0.29, 0.717) is 22.3 Å². The van der Waals surface area contributed by atoms with Crippen LogP contribution in [-0.4, -0.2) is 15.9 Å². The highest BCUT2D eigenvalue weighted by atomic mass is 35.5. The third-order valence-electron chi connectivity index (χ3n) is 3.33. The van der Waals surface area contributed by atoms with Gasteiger partial charge in [0.1, 0.15) is 5.69 Å². The van der Waals surface area contributed by atoms with Crippen molar-refractivity contribution in [3.8, 4) is 0 Å². The topological polar surface area (TPSA) is 66.9 Å². The van der Waals surface area contributed by atoms with Crippen LogP contribution in [0.4, 0.5) is 11.4 Å². The molecule has 5 nitrogen and oxygen atoms in total. The Morgan fingerprint density at radius 3 is 2.52 bits per heavy atom. The lowest BCUT2D eigenvalue weighted by Crippen LogP contribution is -2.14. The lowest BCUT2D eigenvalue weighted by Gasteiger charge is -2.09. The molecular formula is C18H14Cl2N4O. The van der Waals surface area contributed by atoms with Gasteiger partial charge in [-0.2, -0.15) is 0 Å². The van der Waals surface area contributed by atoms with Crippen molar-refractivity contribution in [2.24, 2.45) is 0 Å². The van der Waals surface area contributed by atoms with Crippen LogP contribution >= 0.6 is 23.2 Å². The third-order valence-corrected chi connectivity index (χ3v) is 3.77. The normalized spacial score (nSPS) is 10.3. The first kappa shape index (κ1) is 17.2. The first-order valence-corrected chi connectivity index (χ1v) is 8.22. The number of halogens is 2. The van der Waals surface area contributed by atoms with Crippen LogP contribution in [0.2, 0.25) is 10.0 Å². The molecule has 3 rings (SSSR count). The standard InChI is InChI=1S/C18H14Cl2N4O/c19-13-6-14(20)8-16(7-13)24-18(25)17-9-15(3-5-22-17)23-11-12-2-1-4-21-10-12/h1-10H,11H2,(H,22,23)(H,24,25). The van der Waals surface area contributed by atoms with Crippen LogP contribution in [0.5, 0.6) is 0 Å². The molecule has 2 N–H and O–H groups in total. The largest absolute Gasteiger partial charge is 0.381 e. The summed E-state index contributed by atoms with van der Waals surface area (Å²) < 4.78 is 0. The Balaban J connectivity index is 1.68. The molecule has 25 heavy (non-hydrogen) atoms. The van der Waals surface area contributed by atoms with Gasteiger partial charge in [-0.3, -0.25) is 14.8 Å². The van der Waals surface area contributed by atoms with E-state index >= 15 is 0 Å². The summed E-state index contributed by atoms with van der Waals surface area (Å²) >= 11 is 11.9. The summed E-state index contributed by atoms with van der Waals surface area (Å²) in [6, 6.07) is 12.2. The maximum absolute atomic E-state index is 12.4. The molecule has 0 aliphatic heterocycles. The first-order valence-electron chi connectivity index (χ1n) is 7.46. The summed E-state index contributed by atoms with van der Waals surface area (Å²) in [5, 5.41) is 6.86. The molecule has 3 aromatic rings. The first-order chi connectivity index (χ1) is 12.1. The lowest BCUT2D eigenvalue weighted by atomic mass is 10.2. The number of rotatable bonds is 5. The number of amides is 1. The van der Waals surface area contributed by atoms with Gasteiger partial charge in [-0.1, -0.05) is 29.3 Å². The Morgan fingerprint density at radius 1 is 1.00 bits per heavy atom. The van der Waals surface area contributed by atoms with E-state index in [0.717, 1.165) is 11.3 Å². The monoisotopic (exact) mass is 372 g/mol. The molecule has 0 aliphatic carbocycles. The zero-order valence-corrected chi connectivity index (χ0v) is 14.6. The zero-order valence-electron chi connectivity index (χ0n) is 13.0. The molecule has 0 saturated heterocycles. The number of hydrogen-bond donors (Lipinski definition) is 2. The zero-order chi connectivity index (χ0) is 17.6. The molecule has 0 fully saturated rings. The molecule has 1 amide bonds. The van der Waals surface area contributed by atoms with Crippen LogP contribution in [0, 0.1) is 0 Å². The number of pyridine rings is 2. The van der Waals surface area contributed by atoms with Gasteiger partial charge >= 0.3 is 0 Å². The quantitative estimate of drug-likeness (QED) is 0.683. The second-order valence-corrected chi connectivity index (χ2v) is 6.13. The predicted octanol–water partition coefficient (Wildman–Crippen LogP) is 4.65. The van der Waals surface area contributed by atoms with E-state index < -0.39 is 0 Å². The highest BCUT2D eigenvalue weighted by molar-refractivity contribution is 6.35. The van der Waals surface area contributed by atoms with E-state index in [1.54, 1.807) is 48.9 Å². The van der Waals surface area contributed by atoms with Crippen molar-refractivity contribution in [3.63, 3.8) is 0 Å². The summed E-state index contributed by atoms with van der Waals surface area (Å²) in [7, 11) is 0. The number of carbonyl (C=O) groups excluding carboxylic acids is 1. The average Bonchev–Trinajstić information content (AvgIpc) is 2.60. The predicted molar refractivity (Wildman–Crippen MR) is 100 cm³/mol. The summed E-state index contributed by atoms with van der Waals surface area (Å²) in [5.74, 6) is -0.344. The average molecular weight is 373 g/mol. The minimum absolute atomic E-state index is 0.285. The van der Waals surface area contributed by atoms with Gasteiger partial charge in [-0.25, -0.2) is 0 Å². The molecule has 1 aromatic carbocycles. The van der Waals surface area contributed by atoms with Crippen molar-refractivity contribution < 1.29 is 4.79 Å². The molecule has 7 heteroatoms. The Kier molecular flexibility index (Phi) is 5.48. The van der Waals surface area contributed by atoms with Crippen LogP contribution in [0.25, 0.3) is 0 Å². The van der Waals surface area contributed by atoms with Crippen molar-refractivity contribution in [2.45, 2.75) is 6.54 Å². The number of aromatic nitrogens is 2. The van der Waals surface area contributed by atoms with Crippen molar-refractivity contribution in [1.82, 2.24) is 9.97 Å². The number of benzene rings is 1. The summed E-state index contributed by atoms with van der Waals surface area (Å²) in [6.07, 6.45) is 5.08. The van der Waals surface area contributed by atoms with Gasteiger partial charge in [-0.15, -0.1) is 0 Å². The lowest BCUT2D eigenvalue weighted by molar-refractivity contribution is 0.102. The number of nitrogens with one attached hydrogen (secondary N) is 2. The summed E-state index contributed by atoms with van der Waals surface area (Å²) in [6.45, 7) is 0.600. The van der Waals surface area contributed by atoms with Crippen LogP contribution < -0.4 is 10.6 Å². The smallest absolute Gasteiger partial charge is 0.274 e. The molecular weight excluding hydrogens is 359 g/mol. The Morgan fingerprint density at radius 2 is 1.80 bits per heavy atom. The highest BCUT2D eigenvalue weighted by Crippen LogP contribution is 2.23. The second kappa shape index (κ2) is 7.96. The maximum atomic E-state index is 12.4. The van der Waals surface area contributed by atoms with Gasteiger partial charge < -0.3 is 10.6 Å². The fraction of sp³-hybridized carbons (Fsp3) is 0.0556. The fourth-order valence-electron chi connectivity index (χ4n) is 2.19. The molecule has 126 valence electrons. The number of nitrogens with zero attached hydrogens (tertiary/aromatic N) is 2. The van der Waals surface area contributed by atoms with Crippen LogP contribution in [-0.2, 0) is 6.54 Å². The van der Waals surface area contributed by atoms with Crippen molar-refractivity contribution in [1.29, 1.82) is 0 Å². The van der Waals surface area contributed by atoms with Gasteiger partial charge in [0, 0.05) is 46.6 Å². The van der Waals surface area contributed by atoms with E-state index in [1.165, 1.54) is 0 Å². The van der Waals surface area contributed by atoms with E-state index in [-0.39, 0.29) is 11.6 Å². The molecule has 0 bridgehead atoms. The minimum atomic E-state index is -0.344. The van der Waals surface area contributed by atoms with Crippen LogP contribution in [0.3, 0.4) is 0 Å². The van der Waals surface area contributed by atoms with Crippen molar-refractivity contribution >= 4 is 40.5 Å². The molecule has 0 unspecified atom stereocenters. The maximum Gasteiger partial charge on any atom is 0.274 e. The van der Waals surface area contributed by atoms with Crippen molar-refractivity contribution in [3.05, 3.63) is 82.4 Å². The second-order valence-electron chi connectivity index (χ2n) is 5.26. The van der Waals surface area contributed by atoms with Crippen LogP contribution in [0.15, 0.2) is 61.1 Å². The summed E-state index contributed by atoms with van der Waals surface area (Å²) in [5.41, 5.74) is 2.62. The van der Waals surface area contributed by atoms with Gasteiger partial charge in [0.05, 0.1) is 0 Å². The molecule has 0 saturated carbocycles. The molecule has 0 radical (unpaired) electrons. The Hall–Kier alpha value is -2.63. The molecule has 0 spiro atoms. The Bertz CT molecular complexity index is 867. The van der Waals surface area contributed by atoms with E-state index in [2.05, 4.69) is 20.6 Å². The Labute approximate surface area is 155 Å². The third kappa shape index (κ3) is 4.92. The van der Waals surface area contributed by atoms with E-state index in [1.807, 2.05) is 12.1 Å². The highest BCUT2D eigenvalue weighted by Gasteiger charge is 2.09. The van der Waals surface area contributed by atoms with Crippen LogP contribution in [0.1, 0.15) is 16.1 Å². The van der Waals surface area contributed by atoms with Gasteiger partial charge in [0.25, 0.3) is 5.91 Å². The number of hydrogen-bond acceptors (Lipinski definition) is 4. The molecule has 2 heterocycles. The molecule has 2 aromatic heterocycles. The van der Waals surface area contributed by atoms with Gasteiger partial charge in [-0.05, 0) is 42.0 Å². The van der Waals surface area contributed by atoms with E-state index in [9.17, 15) is 4.79 Å². The minimum Gasteiger partial charge on any atom is -0.381 e. The van der Waals surface area contributed by atoms with Gasteiger partial charge in [0.15, 0.2) is 0 Å². The van der Waals surface area contributed by atoms with Gasteiger partial charge in [0.2, 0.25) is 0 Å². The molecule has 0 aliphatic rings. The fourth-order valence-corrected chi connectivity index (χ4v) is 2.72. The number of carbonyl (C=O) groups is 1. The summed E-state index contributed by atoms with van der Waals surface area (Å²) in [4.78, 5) is 20.5. The van der Waals surface area contributed by atoms with E-state index in [4.69, 9.17) is 23.2 Å². The number of anilines is 2.